The fourth-order valence-electron chi connectivity index (χ4n) is 1.30. The summed E-state index contributed by atoms with van der Waals surface area (Å²) in [5.74, 6) is 0. The molecule has 0 aromatic heterocycles. The second-order valence-corrected chi connectivity index (χ2v) is 3.48. The quantitative estimate of drug-likeness (QED) is 0.602. The fourth-order valence-corrected chi connectivity index (χ4v) is 1.73. The van der Waals surface area contributed by atoms with Crippen LogP contribution in [0.5, 0.6) is 0 Å². The summed E-state index contributed by atoms with van der Waals surface area (Å²) in [6.07, 6.45) is 3.31. The van der Waals surface area contributed by atoms with Crippen molar-refractivity contribution >= 4 is 11.4 Å². The average molecular weight is 179 g/mol. The maximum Gasteiger partial charge on any atom is 0.302 e. The van der Waals surface area contributed by atoms with Gasteiger partial charge in [0.1, 0.15) is 0 Å². The van der Waals surface area contributed by atoms with Gasteiger partial charge < -0.3 is 5.73 Å². The molecule has 1 aliphatic rings. The summed E-state index contributed by atoms with van der Waals surface area (Å²) in [7, 11) is 0. The van der Waals surface area contributed by atoms with E-state index in [1.54, 1.807) is 0 Å². The van der Waals surface area contributed by atoms with Crippen molar-refractivity contribution in [3.63, 3.8) is 0 Å². The molecule has 1 atom stereocenters. The number of rotatable bonds is 2. The summed E-state index contributed by atoms with van der Waals surface area (Å²) in [6.45, 7) is 0. The molecule has 5 heteroatoms. The van der Waals surface area contributed by atoms with Crippen LogP contribution in [0.25, 0.3) is 0 Å². The number of nitrogens with two attached hydrogens (primary N) is 1. The Balaban J connectivity index is 2.22. The van der Waals surface area contributed by atoms with E-state index in [-0.39, 0.29) is 12.1 Å². The lowest BCUT2D eigenvalue weighted by atomic mass is 9.94. The first-order chi connectivity index (χ1) is 5.18. The zero-order valence-electron chi connectivity index (χ0n) is 6.23. The molecule has 4 nitrogen and oxygen atoms in total. The monoisotopic (exact) mass is 179 g/mol. The summed E-state index contributed by atoms with van der Waals surface area (Å²) in [5, 5.41) is 0. The highest BCUT2D eigenvalue weighted by Gasteiger charge is 2.20. The highest BCUT2D eigenvalue weighted by molar-refractivity contribution is 7.74. The fraction of sp³-hybridized carbons (Fsp3) is 1.00. The zero-order valence-corrected chi connectivity index (χ0v) is 7.05. The van der Waals surface area contributed by atoms with Crippen molar-refractivity contribution in [3.8, 4) is 0 Å². The SMILES string of the molecule is NC1CCC(OS(=O)O)CC1. The van der Waals surface area contributed by atoms with Crippen LogP contribution in [0.4, 0.5) is 0 Å². The summed E-state index contributed by atoms with van der Waals surface area (Å²) >= 11 is -2.12. The first-order valence-corrected chi connectivity index (χ1v) is 4.75. The van der Waals surface area contributed by atoms with Crippen molar-refractivity contribution < 1.29 is 12.9 Å². The van der Waals surface area contributed by atoms with E-state index in [4.69, 9.17) is 14.5 Å². The van der Waals surface area contributed by atoms with Gasteiger partial charge >= 0.3 is 11.4 Å². The molecule has 0 spiro atoms. The van der Waals surface area contributed by atoms with E-state index >= 15 is 0 Å². The van der Waals surface area contributed by atoms with Crippen molar-refractivity contribution in [2.24, 2.45) is 5.73 Å². The van der Waals surface area contributed by atoms with Gasteiger partial charge in [-0.15, -0.1) is 0 Å². The standard InChI is InChI=1S/C6H13NO3S/c7-5-1-3-6(4-2-5)10-11(8)9/h5-6H,1-4,7H2,(H,8,9). The van der Waals surface area contributed by atoms with Crippen LogP contribution in [0.1, 0.15) is 25.7 Å². The summed E-state index contributed by atoms with van der Waals surface area (Å²) in [5.41, 5.74) is 5.63. The van der Waals surface area contributed by atoms with Gasteiger partial charge in [0, 0.05) is 6.04 Å². The summed E-state index contributed by atoms with van der Waals surface area (Å²) < 4.78 is 23.3. The Morgan fingerprint density at radius 2 is 1.91 bits per heavy atom. The minimum absolute atomic E-state index is 0.0689. The van der Waals surface area contributed by atoms with E-state index < -0.39 is 11.4 Å². The van der Waals surface area contributed by atoms with Gasteiger partial charge in [-0.25, -0.2) is 0 Å². The van der Waals surface area contributed by atoms with E-state index in [9.17, 15) is 4.21 Å². The maximum atomic E-state index is 10.2. The number of hydrogen-bond donors (Lipinski definition) is 2. The first-order valence-electron chi connectivity index (χ1n) is 3.72. The molecule has 0 amide bonds. The molecular formula is C6H13NO3S. The Labute approximate surface area is 68.6 Å². The van der Waals surface area contributed by atoms with Crippen LogP contribution < -0.4 is 5.73 Å². The minimum Gasteiger partial charge on any atom is -0.328 e. The predicted octanol–water partition coefficient (Wildman–Crippen LogP) is 0.410. The van der Waals surface area contributed by atoms with Crippen LogP contribution in [0.3, 0.4) is 0 Å². The molecule has 0 radical (unpaired) electrons. The van der Waals surface area contributed by atoms with Gasteiger partial charge in [-0.05, 0) is 25.7 Å². The first kappa shape index (κ1) is 9.12. The Morgan fingerprint density at radius 3 is 2.36 bits per heavy atom. The highest BCUT2D eigenvalue weighted by atomic mass is 32.2. The van der Waals surface area contributed by atoms with E-state index in [1.807, 2.05) is 0 Å². The van der Waals surface area contributed by atoms with Crippen LogP contribution in [-0.2, 0) is 15.5 Å². The summed E-state index contributed by atoms with van der Waals surface area (Å²) in [6, 6.07) is 0.252. The van der Waals surface area contributed by atoms with Gasteiger partial charge in [0.15, 0.2) is 0 Å². The molecule has 0 aromatic rings. The third-order valence-corrected chi connectivity index (χ3v) is 2.37. The normalized spacial score (nSPS) is 35.1. The van der Waals surface area contributed by atoms with Crippen molar-refractivity contribution in [3.05, 3.63) is 0 Å². The molecule has 1 fully saturated rings. The van der Waals surface area contributed by atoms with Gasteiger partial charge in [-0.3, -0.25) is 8.74 Å². The van der Waals surface area contributed by atoms with Crippen LogP contribution in [0.15, 0.2) is 0 Å². The van der Waals surface area contributed by atoms with Crippen molar-refractivity contribution in [2.75, 3.05) is 0 Å². The lowest BCUT2D eigenvalue weighted by Crippen LogP contribution is -2.30. The maximum absolute atomic E-state index is 10.2. The van der Waals surface area contributed by atoms with Crippen molar-refractivity contribution in [1.29, 1.82) is 0 Å². The highest BCUT2D eigenvalue weighted by Crippen LogP contribution is 2.19. The van der Waals surface area contributed by atoms with Crippen molar-refractivity contribution in [2.45, 2.75) is 37.8 Å². The predicted molar refractivity (Wildman–Crippen MR) is 42.1 cm³/mol. The van der Waals surface area contributed by atoms with Crippen LogP contribution in [-0.4, -0.2) is 20.9 Å². The van der Waals surface area contributed by atoms with E-state index in [1.165, 1.54) is 0 Å². The van der Waals surface area contributed by atoms with Crippen LogP contribution in [0, 0.1) is 0 Å². The molecule has 0 aromatic carbocycles. The molecule has 1 saturated carbocycles. The number of hydrogen-bond acceptors (Lipinski definition) is 3. The molecule has 66 valence electrons. The Morgan fingerprint density at radius 1 is 1.36 bits per heavy atom. The Bertz CT molecular complexity index is 145. The second kappa shape index (κ2) is 4.15. The molecule has 0 saturated heterocycles. The summed E-state index contributed by atoms with van der Waals surface area (Å²) in [4.78, 5) is 0. The molecule has 0 aliphatic heterocycles. The average Bonchev–Trinajstić information content (AvgIpc) is 1.93. The Kier molecular flexibility index (Phi) is 3.45. The van der Waals surface area contributed by atoms with Crippen molar-refractivity contribution in [1.82, 2.24) is 0 Å². The third kappa shape index (κ3) is 3.29. The topological polar surface area (TPSA) is 72.5 Å². The van der Waals surface area contributed by atoms with Gasteiger partial charge in [0.25, 0.3) is 0 Å². The van der Waals surface area contributed by atoms with Gasteiger partial charge in [-0.1, -0.05) is 0 Å². The zero-order chi connectivity index (χ0) is 8.27. The van der Waals surface area contributed by atoms with E-state index in [0.29, 0.717) is 0 Å². The van der Waals surface area contributed by atoms with Gasteiger partial charge in [0.05, 0.1) is 6.10 Å². The molecular weight excluding hydrogens is 166 g/mol. The largest absolute Gasteiger partial charge is 0.328 e. The molecule has 0 bridgehead atoms. The third-order valence-electron chi connectivity index (χ3n) is 1.94. The van der Waals surface area contributed by atoms with E-state index in [0.717, 1.165) is 25.7 Å². The molecule has 1 rings (SSSR count). The van der Waals surface area contributed by atoms with Crippen LogP contribution >= 0.6 is 0 Å². The van der Waals surface area contributed by atoms with Gasteiger partial charge in [-0.2, -0.15) is 4.21 Å². The molecule has 3 N–H and O–H groups in total. The Hall–Kier alpha value is 0.0300. The van der Waals surface area contributed by atoms with E-state index in [2.05, 4.69) is 0 Å². The smallest absolute Gasteiger partial charge is 0.302 e. The van der Waals surface area contributed by atoms with Gasteiger partial charge in [0.2, 0.25) is 0 Å². The second-order valence-electron chi connectivity index (χ2n) is 2.85. The minimum atomic E-state index is -2.12. The lowest BCUT2D eigenvalue weighted by molar-refractivity contribution is 0.150. The molecule has 1 aliphatic carbocycles. The molecule has 1 unspecified atom stereocenters. The molecule has 0 heterocycles. The molecule has 11 heavy (non-hydrogen) atoms. The van der Waals surface area contributed by atoms with Crippen LogP contribution in [0.2, 0.25) is 0 Å². The lowest BCUT2D eigenvalue weighted by Gasteiger charge is -2.24.